The number of rotatable bonds is 3. The van der Waals surface area contributed by atoms with Gasteiger partial charge in [-0.1, -0.05) is 42.5 Å². The van der Waals surface area contributed by atoms with Crippen LogP contribution in [0.15, 0.2) is 79.0 Å². The van der Waals surface area contributed by atoms with Gasteiger partial charge in [0.2, 0.25) is 0 Å². The van der Waals surface area contributed by atoms with Gasteiger partial charge in [0, 0.05) is 11.5 Å². The van der Waals surface area contributed by atoms with Crippen LogP contribution in [-0.2, 0) is 0 Å². The average molecular weight is 315 g/mol. The van der Waals surface area contributed by atoms with Gasteiger partial charge in [0.05, 0.1) is 27.9 Å². The van der Waals surface area contributed by atoms with Gasteiger partial charge >= 0.3 is 0 Å². The van der Waals surface area contributed by atoms with E-state index in [0.29, 0.717) is 5.56 Å². The highest BCUT2D eigenvalue weighted by Gasteiger charge is 2.17. The molecule has 5 nitrogen and oxygen atoms in total. The number of nitrogens with zero attached hydrogens (tertiary/aromatic N) is 3. The van der Waals surface area contributed by atoms with Crippen LogP contribution in [-0.4, -0.2) is 14.7 Å². The molecule has 0 atom stereocenters. The van der Waals surface area contributed by atoms with E-state index >= 15 is 0 Å². The maximum atomic E-state index is 11.3. The summed E-state index contributed by atoms with van der Waals surface area (Å²) in [6.45, 7) is 0. The second-order valence-electron chi connectivity index (χ2n) is 5.40. The Morgan fingerprint density at radius 1 is 0.833 bits per heavy atom. The molecule has 5 heteroatoms. The standard InChI is InChI=1S/C19H13N3O2/c23-22(24)19-11-5-4-9-16(19)15-10-6-12-18-17(15)13-20-21(18)14-7-2-1-3-8-14/h1-13H. The molecule has 0 unspecified atom stereocenters. The predicted octanol–water partition coefficient (Wildman–Crippen LogP) is 4.60. The van der Waals surface area contributed by atoms with Crippen molar-refractivity contribution in [1.29, 1.82) is 0 Å². The van der Waals surface area contributed by atoms with Crippen LogP contribution >= 0.6 is 0 Å². The molecule has 116 valence electrons. The first kappa shape index (κ1) is 14.1. The zero-order valence-electron chi connectivity index (χ0n) is 12.7. The van der Waals surface area contributed by atoms with Crippen LogP contribution in [0.2, 0.25) is 0 Å². The minimum Gasteiger partial charge on any atom is -0.258 e. The number of benzene rings is 3. The molecule has 0 saturated heterocycles. The number of fused-ring (bicyclic) bond motifs is 1. The Morgan fingerprint density at radius 2 is 1.54 bits per heavy atom. The van der Waals surface area contributed by atoms with Crippen molar-refractivity contribution in [2.75, 3.05) is 0 Å². The molecule has 0 aliphatic heterocycles. The highest BCUT2D eigenvalue weighted by atomic mass is 16.6. The molecule has 0 spiro atoms. The molecule has 1 aromatic heterocycles. The van der Waals surface area contributed by atoms with Crippen LogP contribution in [0, 0.1) is 10.1 Å². The van der Waals surface area contributed by atoms with E-state index in [1.54, 1.807) is 18.3 Å². The van der Waals surface area contributed by atoms with Gasteiger partial charge in [-0.3, -0.25) is 10.1 Å². The van der Waals surface area contributed by atoms with Crippen molar-refractivity contribution in [3.63, 3.8) is 0 Å². The number of nitro benzene ring substituents is 1. The van der Waals surface area contributed by atoms with E-state index in [2.05, 4.69) is 5.10 Å². The summed E-state index contributed by atoms with van der Waals surface area (Å²) in [6.07, 6.45) is 1.76. The van der Waals surface area contributed by atoms with E-state index < -0.39 is 0 Å². The van der Waals surface area contributed by atoms with E-state index in [1.165, 1.54) is 6.07 Å². The Hall–Kier alpha value is -3.47. The van der Waals surface area contributed by atoms with Crippen molar-refractivity contribution in [1.82, 2.24) is 9.78 Å². The molecular formula is C19H13N3O2. The lowest BCUT2D eigenvalue weighted by Gasteiger charge is -2.06. The van der Waals surface area contributed by atoms with Crippen molar-refractivity contribution < 1.29 is 4.92 Å². The van der Waals surface area contributed by atoms with E-state index in [0.717, 1.165) is 22.2 Å². The number of para-hydroxylation sites is 2. The van der Waals surface area contributed by atoms with Gasteiger partial charge in [-0.15, -0.1) is 0 Å². The van der Waals surface area contributed by atoms with Crippen LogP contribution < -0.4 is 0 Å². The SMILES string of the molecule is O=[N+]([O-])c1ccccc1-c1cccc2c1cnn2-c1ccccc1. The molecule has 0 saturated carbocycles. The summed E-state index contributed by atoms with van der Waals surface area (Å²) in [4.78, 5) is 11.0. The highest BCUT2D eigenvalue weighted by Crippen LogP contribution is 2.35. The summed E-state index contributed by atoms with van der Waals surface area (Å²) in [7, 11) is 0. The molecule has 3 aromatic carbocycles. The van der Waals surface area contributed by atoms with Crippen molar-refractivity contribution >= 4 is 16.6 Å². The largest absolute Gasteiger partial charge is 0.277 e. The van der Waals surface area contributed by atoms with Crippen molar-refractivity contribution in [3.8, 4) is 16.8 Å². The number of nitro groups is 1. The second kappa shape index (κ2) is 5.62. The maximum Gasteiger partial charge on any atom is 0.277 e. The molecule has 4 aromatic rings. The minimum atomic E-state index is -0.351. The van der Waals surface area contributed by atoms with Crippen molar-refractivity contribution in [2.45, 2.75) is 0 Å². The molecule has 0 aliphatic rings. The van der Waals surface area contributed by atoms with Gasteiger partial charge in [0.1, 0.15) is 0 Å². The summed E-state index contributed by atoms with van der Waals surface area (Å²) in [5, 5.41) is 16.7. The fourth-order valence-corrected chi connectivity index (χ4v) is 2.92. The van der Waals surface area contributed by atoms with E-state index in [1.807, 2.05) is 59.3 Å². The van der Waals surface area contributed by atoms with Crippen LogP contribution in [0.25, 0.3) is 27.7 Å². The summed E-state index contributed by atoms with van der Waals surface area (Å²) in [5.41, 5.74) is 3.37. The third kappa shape index (κ3) is 2.23. The van der Waals surface area contributed by atoms with Crippen LogP contribution in [0.1, 0.15) is 0 Å². The maximum absolute atomic E-state index is 11.3. The normalized spacial score (nSPS) is 10.8. The van der Waals surface area contributed by atoms with Crippen LogP contribution in [0.5, 0.6) is 0 Å². The van der Waals surface area contributed by atoms with E-state index in [9.17, 15) is 10.1 Å². The van der Waals surface area contributed by atoms with Gasteiger partial charge in [-0.25, -0.2) is 4.68 Å². The lowest BCUT2D eigenvalue weighted by Crippen LogP contribution is -1.95. The quantitative estimate of drug-likeness (QED) is 0.410. The fraction of sp³-hybridized carbons (Fsp3) is 0. The molecule has 0 N–H and O–H groups in total. The number of hydrogen-bond acceptors (Lipinski definition) is 3. The summed E-state index contributed by atoms with van der Waals surface area (Å²) in [5.74, 6) is 0. The second-order valence-corrected chi connectivity index (χ2v) is 5.40. The monoisotopic (exact) mass is 315 g/mol. The molecule has 0 radical (unpaired) electrons. The molecule has 24 heavy (non-hydrogen) atoms. The Labute approximate surface area is 137 Å². The third-order valence-electron chi connectivity index (χ3n) is 4.01. The van der Waals surface area contributed by atoms with Crippen molar-refractivity contribution in [3.05, 3.63) is 89.1 Å². The van der Waals surface area contributed by atoms with Gasteiger partial charge in [-0.05, 0) is 29.8 Å². The molecule has 4 rings (SSSR count). The minimum absolute atomic E-state index is 0.0949. The fourth-order valence-electron chi connectivity index (χ4n) is 2.92. The molecule has 0 aliphatic carbocycles. The van der Waals surface area contributed by atoms with E-state index in [-0.39, 0.29) is 10.6 Å². The third-order valence-corrected chi connectivity index (χ3v) is 4.01. The lowest BCUT2D eigenvalue weighted by atomic mass is 10.0. The molecule has 0 fully saturated rings. The summed E-state index contributed by atoms with van der Waals surface area (Å²) < 4.78 is 1.84. The van der Waals surface area contributed by atoms with Crippen LogP contribution in [0.3, 0.4) is 0 Å². The van der Waals surface area contributed by atoms with Gasteiger partial charge in [0.15, 0.2) is 0 Å². The number of hydrogen-bond donors (Lipinski definition) is 0. The Balaban J connectivity index is 1.97. The Morgan fingerprint density at radius 3 is 2.33 bits per heavy atom. The topological polar surface area (TPSA) is 61.0 Å². The summed E-state index contributed by atoms with van der Waals surface area (Å²) >= 11 is 0. The molecular weight excluding hydrogens is 302 g/mol. The van der Waals surface area contributed by atoms with Crippen LogP contribution in [0.4, 0.5) is 5.69 Å². The average Bonchev–Trinajstić information content (AvgIpc) is 3.06. The zero-order valence-corrected chi connectivity index (χ0v) is 12.7. The number of aromatic nitrogens is 2. The zero-order chi connectivity index (χ0) is 16.5. The van der Waals surface area contributed by atoms with E-state index in [4.69, 9.17) is 0 Å². The molecule has 1 heterocycles. The first-order valence-corrected chi connectivity index (χ1v) is 7.51. The van der Waals surface area contributed by atoms with Crippen molar-refractivity contribution in [2.24, 2.45) is 0 Å². The van der Waals surface area contributed by atoms with Gasteiger partial charge in [0.25, 0.3) is 5.69 Å². The van der Waals surface area contributed by atoms with Gasteiger partial charge in [-0.2, -0.15) is 5.10 Å². The Bertz CT molecular complexity index is 1040. The first-order valence-electron chi connectivity index (χ1n) is 7.51. The predicted molar refractivity (Wildman–Crippen MR) is 93.2 cm³/mol. The smallest absolute Gasteiger partial charge is 0.258 e. The first-order chi connectivity index (χ1) is 11.8. The molecule has 0 amide bonds. The Kier molecular flexibility index (Phi) is 3.31. The summed E-state index contributed by atoms with van der Waals surface area (Å²) in [6, 6.07) is 22.3. The van der Waals surface area contributed by atoms with Gasteiger partial charge < -0.3 is 0 Å². The lowest BCUT2D eigenvalue weighted by molar-refractivity contribution is -0.384. The molecule has 0 bridgehead atoms. The highest BCUT2D eigenvalue weighted by molar-refractivity contribution is 5.97.